The molecular weight excluding hydrogens is 439 g/mol. The number of hydrogen-bond donors (Lipinski definition) is 1. The third-order valence-corrected chi connectivity index (χ3v) is 6.99. The Hall–Kier alpha value is -2.68. The van der Waals surface area contributed by atoms with Gasteiger partial charge >= 0.3 is 6.18 Å². The van der Waals surface area contributed by atoms with Crippen molar-refractivity contribution in [3.63, 3.8) is 0 Å². The Bertz CT molecular complexity index is 1000. The van der Waals surface area contributed by atoms with Crippen molar-refractivity contribution < 1.29 is 22.2 Å². The first-order chi connectivity index (χ1) is 15.3. The van der Waals surface area contributed by atoms with Crippen molar-refractivity contribution in [2.45, 2.75) is 55.6 Å². The molecule has 1 aliphatic carbocycles. The monoisotopic (exact) mass is 463 g/mol. The van der Waals surface area contributed by atoms with Gasteiger partial charge in [-0.1, -0.05) is 49.6 Å². The second kappa shape index (κ2) is 9.44. The molecule has 1 aliphatic heterocycles. The molecule has 0 radical (unpaired) electrons. The Labute approximate surface area is 187 Å². The van der Waals surface area contributed by atoms with E-state index < -0.39 is 28.9 Å². The number of carbonyl (C=O) groups is 1. The second-order valence-electron chi connectivity index (χ2n) is 8.08. The van der Waals surface area contributed by atoms with E-state index in [1.165, 1.54) is 5.01 Å². The van der Waals surface area contributed by atoms with E-state index in [1.54, 1.807) is 54.6 Å². The van der Waals surface area contributed by atoms with Gasteiger partial charge < -0.3 is 0 Å². The van der Waals surface area contributed by atoms with Gasteiger partial charge in [0.25, 0.3) is 0 Å². The van der Waals surface area contributed by atoms with E-state index in [0.29, 0.717) is 10.6 Å². The lowest BCUT2D eigenvalue weighted by molar-refractivity contribution is -0.124. The van der Waals surface area contributed by atoms with Gasteiger partial charge in [-0.15, -0.1) is 0 Å². The number of hydrogen-bond acceptors (Lipinski definition) is 4. The molecule has 9 heteroatoms. The molecule has 0 saturated heterocycles. The smallest absolute Gasteiger partial charge is 0.274 e. The highest BCUT2D eigenvalue weighted by molar-refractivity contribution is 7.83. The quantitative estimate of drug-likeness (QED) is 0.657. The molecule has 1 amide bonds. The van der Waals surface area contributed by atoms with E-state index in [9.17, 15) is 22.2 Å². The number of halogens is 3. The number of carbonyl (C=O) groups excluding carboxylic acids is 1. The maximum atomic E-state index is 13.3. The molecule has 0 aromatic heterocycles. The van der Waals surface area contributed by atoms with Crippen LogP contribution in [0.5, 0.6) is 0 Å². The van der Waals surface area contributed by atoms with Gasteiger partial charge in [0, 0.05) is 12.3 Å². The van der Waals surface area contributed by atoms with Gasteiger partial charge in [0.2, 0.25) is 5.91 Å². The van der Waals surface area contributed by atoms with Crippen LogP contribution in [0.4, 0.5) is 18.9 Å². The third kappa shape index (κ3) is 5.03. The number of alkyl halides is 3. The van der Waals surface area contributed by atoms with E-state index in [-0.39, 0.29) is 18.2 Å². The second-order valence-corrected chi connectivity index (χ2v) is 9.30. The topological polar surface area (TPSA) is 61.8 Å². The molecular formula is C23H24F3N3O2S. The van der Waals surface area contributed by atoms with Crippen LogP contribution in [0, 0.1) is 5.92 Å². The zero-order chi connectivity index (χ0) is 22.7. The van der Waals surface area contributed by atoms with E-state index in [1.807, 2.05) is 0 Å². The Morgan fingerprint density at radius 1 is 1.00 bits per heavy atom. The van der Waals surface area contributed by atoms with Gasteiger partial charge in [-0.25, -0.2) is 4.21 Å². The number of amides is 1. The average Bonchev–Trinajstić information content (AvgIpc) is 3.26. The summed E-state index contributed by atoms with van der Waals surface area (Å²) in [6.07, 6.45) is -0.0379. The fourth-order valence-corrected chi connectivity index (χ4v) is 5.03. The van der Waals surface area contributed by atoms with Crippen molar-refractivity contribution in [2.75, 3.05) is 5.01 Å². The molecule has 1 fully saturated rings. The molecule has 1 N–H and O–H groups in total. The van der Waals surface area contributed by atoms with Gasteiger partial charge in [0.15, 0.2) is 11.0 Å². The van der Waals surface area contributed by atoms with E-state index in [2.05, 4.69) is 9.82 Å². The van der Waals surface area contributed by atoms with Crippen molar-refractivity contribution in [1.82, 2.24) is 4.72 Å². The van der Waals surface area contributed by atoms with E-state index in [0.717, 1.165) is 37.7 Å². The summed E-state index contributed by atoms with van der Waals surface area (Å²) < 4.78 is 55.2. The highest BCUT2D eigenvalue weighted by Gasteiger charge is 2.43. The van der Waals surface area contributed by atoms with Crippen LogP contribution in [0.25, 0.3) is 0 Å². The van der Waals surface area contributed by atoms with Gasteiger partial charge in [-0.05, 0) is 42.7 Å². The largest absolute Gasteiger partial charge is 0.431 e. The summed E-state index contributed by atoms with van der Waals surface area (Å²) in [4.78, 5) is 12.7. The fourth-order valence-electron chi connectivity index (χ4n) is 4.18. The Morgan fingerprint density at radius 2 is 1.66 bits per heavy atom. The van der Waals surface area contributed by atoms with Crippen molar-refractivity contribution in [2.24, 2.45) is 11.0 Å². The van der Waals surface area contributed by atoms with E-state index in [4.69, 9.17) is 0 Å². The van der Waals surface area contributed by atoms with Crippen LogP contribution in [-0.4, -0.2) is 22.0 Å². The third-order valence-electron chi connectivity index (χ3n) is 5.91. The van der Waals surface area contributed by atoms with Crippen LogP contribution >= 0.6 is 0 Å². The summed E-state index contributed by atoms with van der Waals surface area (Å²) in [5, 5.41) is 5.20. The standard InChI is InChI=1S/C23H24F3N3O2S/c24-23(25,26)21-15-20(16-7-3-1-4-8-16)29(27-21)18-11-13-19(14-12-18)32(31)28-22(30)17-9-5-2-6-10-17/h1,3-4,7-8,11-14,17,20H,2,5-6,9-10,15H2,(H,28,30). The van der Waals surface area contributed by atoms with Gasteiger partial charge in [-0.2, -0.15) is 18.3 Å². The summed E-state index contributed by atoms with van der Waals surface area (Å²) in [6, 6.07) is 14.6. The molecule has 2 atom stereocenters. The SMILES string of the molecule is O=C(NS(=O)c1ccc(N2N=C(C(F)(F)F)CC2c2ccccc2)cc1)C1CCCCC1. The molecule has 0 bridgehead atoms. The molecule has 2 unspecified atom stereocenters. The summed E-state index contributed by atoms with van der Waals surface area (Å²) >= 11 is 0. The molecule has 2 aliphatic rings. The highest BCUT2D eigenvalue weighted by Crippen LogP contribution is 2.39. The van der Waals surface area contributed by atoms with Gasteiger partial charge in [0.05, 0.1) is 16.6 Å². The maximum Gasteiger partial charge on any atom is 0.431 e. The number of benzene rings is 2. The first kappa shape index (κ1) is 22.5. The van der Waals surface area contributed by atoms with Crippen molar-refractivity contribution >= 4 is 28.3 Å². The van der Waals surface area contributed by atoms with Crippen LogP contribution in [0.2, 0.25) is 0 Å². The minimum atomic E-state index is -4.51. The minimum absolute atomic E-state index is 0.113. The lowest BCUT2D eigenvalue weighted by Crippen LogP contribution is -2.33. The summed E-state index contributed by atoms with van der Waals surface area (Å²) in [5.74, 6) is -0.325. The number of rotatable bonds is 5. The molecule has 5 nitrogen and oxygen atoms in total. The average molecular weight is 464 g/mol. The molecule has 0 spiro atoms. The lowest BCUT2D eigenvalue weighted by Gasteiger charge is -2.24. The van der Waals surface area contributed by atoms with Crippen molar-refractivity contribution in [1.29, 1.82) is 0 Å². The number of anilines is 1. The summed E-state index contributed by atoms with van der Waals surface area (Å²) in [5.41, 5.74) is 0.346. The van der Waals surface area contributed by atoms with Crippen LogP contribution in [0.3, 0.4) is 0 Å². The first-order valence-electron chi connectivity index (χ1n) is 10.6. The summed E-state index contributed by atoms with van der Waals surface area (Å²) in [7, 11) is -1.72. The lowest BCUT2D eigenvalue weighted by atomic mass is 9.89. The molecule has 1 saturated carbocycles. The van der Waals surface area contributed by atoms with Gasteiger partial charge in [-0.3, -0.25) is 14.5 Å². The predicted molar refractivity (Wildman–Crippen MR) is 117 cm³/mol. The van der Waals surface area contributed by atoms with Crippen LogP contribution in [0.1, 0.15) is 50.1 Å². The van der Waals surface area contributed by atoms with Crippen molar-refractivity contribution in [3.05, 3.63) is 60.2 Å². The maximum absolute atomic E-state index is 13.3. The van der Waals surface area contributed by atoms with Gasteiger partial charge in [0.1, 0.15) is 5.71 Å². The van der Waals surface area contributed by atoms with Crippen LogP contribution in [0.15, 0.2) is 64.6 Å². The first-order valence-corrected chi connectivity index (χ1v) is 11.8. The zero-order valence-corrected chi connectivity index (χ0v) is 18.2. The Morgan fingerprint density at radius 3 is 2.28 bits per heavy atom. The Balaban J connectivity index is 1.51. The van der Waals surface area contributed by atoms with Crippen LogP contribution in [-0.2, 0) is 15.8 Å². The molecule has 2 aromatic rings. The highest BCUT2D eigenvalue weighted by atomic mass is 32.2. The van der Waals surface area contributed by atoms with E-state index >= 15 is 0 Å². The number of hydrazone groups is 1. The predicted octanol–water partition coefficient (Wildman–Crippen LogP) is 5.28. The number of nitrogens with one attached hydrogen (secondary N) is 1. The number of nitrogens with zero attached hydrogens (tertiary/aromatic N) is 2. The molecule has 4 rings (SSSR count). The molecule has 1 heterocycles. The summed E-state index contributed by atoms with van der Waals surface area (Å²) in [6.45, 7) is 0. The normalized spacial score (nSPS) is 20.7. The zero-order valence-electron chi connectivity index (χ0n) is 17.3. The van der Waals surface area contributed by atoms with Crippen LogP contribution < -0.4 is 9.73 Å². The fraction of sp³-hybridized carbons (Fsp3) is 0.391. The molecule has 32 heavy (non-hydrogen) atoms. The van der Waals surface area contributed by atoms with Crippen molar-refractivity contribution in [3.8, 4) is 0 Å². The molecule has 170 valence electrons. The Kier molecular flexibility index (Phi) is 6.64. The molecule has 2 aromatic carbocycles. The minimum Gasteiger partial charge on any atom is -0.274 e.